The molecule has 38 heavy (non-hydrogen) atoms. The number of hydrogen-bond acceptors (Lipinski definition) is 3. The molecular formula is C32H27N3OS2. The predicted octanol–water partition coefficient (Wildman–Crippen LogP) is 8.43. The molecule has 0 aliphatic carbocycles. The fraction of sp³-hybridized carbons (Fsp3) is 0.0625. The molecule has 1 amide bonds. The van der Waals surface area contributed by atoms with E-state index >= 15 is 0 Å². The lowest BCUT2D eigenvalue weighted by molar-refractivity contribution is -0.115. The molecular weight excluding hydrogens is 507 g/mol. The lowest BCUT2D eigenvalue weighted by Gasteiger charge is -2.18. The molecule has 0 aliphatic heterocycles. The van der Waals surface area contributed by atoms with E-state index in [0.29, 0.717) is 5.11 Å². The van der Waals surface area contributed by atoms with Crippen molar-refractivity contribution in [3.63, 3.8) is 0 Å². The van der Waals surface area contributed by atoms with Gasteiger partial charge in [-0.15, -0.1) is 11.8 Å². The van der Waals surface area contributed by atoms with E-state index in [-0.39, 0.29) is 5.91 Å². The zero-order valence-electron chi connectivity index (χ0n) is 20.8. The van der Waals surface area contributed by atoms with Gasteiger partial charge >= 0.3 is 0 Å². The van der Waals surface area contributed by atoms with Gasteiger partial charge in [-0.1, -0.05) is 84.4 Å². The van der Waals surface area contributed by atoms with E-state index in [2.05, 4.69) is 22.0 Å². The molecule has 5 aromatic rings. The summed E-state index contributed by atoms with van der Waals surface area (Å²) < 4.78 is 0. The van der Waals surface area contributed by atoms with Crippen LogP contribution >= 0.6 is 24.0 Å². The minimum atomic E-state index is -0.435. The number of fused-ring (bicyclic) bond motifs is 1. The van der Waals surface area contributed by atoms with Crippen LogP contribution in [0.15, 0.2) is 126 Å². The Kier molecular flexibility index (Phi) is 8.02. The van der Waals surface area contributed by atoms with Crippen LogP contribution in [0.3, 0.4) is 0 Å². The summed E-state index contributed by atoms with van der Waals surface area (Å²) in [4.78, 5) is 14.5. The number of carbonyl (C=O) groups is 1. The molecule has 0 radical (unpaired) electrons. The third-order valence-corrected chi connectivity index (χ3v) is 7.46. The van der Waals surface area contributed by atoms with E-state index in [4.69, 9.17) is 12.2 Å². The van der Waals surface area contributed by atoms with Gasteiger partial charge < -0.3 is 16.0 Å². The number of carbonyl (C=O) groups excluding carboxylic acids is 1. The van der Waals surface area contributed by atoms with E-state index in [9.17, 15) is 4.79 Å². The first-order chi connectivity index (χ1) is 18.5. The van der Waals surface area contributed by atoms with Crippen molar-refractivity contribution in [2.45, 2.75) is 17.1 Å². The second kappa shape index (κ2) is 11.9. The Bertz CT molecular complexity index is 1570. The van der Waals surface area contributed by atoms with Crippen LogP contribution in [0.5, 0.6) is 0 Å². The third kappa shape index (κ3) is 6.59. The van der Waals surface area contributed by atoms with Crippen LogP contribution < -0.4 is 16.0 Å². The maximum atomic E-state index is 13.6. The molecule has 6 heteroatoms. The highest BCUT2D eigenvalue weighted by Crippen LogP contribution is 2.37. The van der Waals surface area contributed by atoms with Gasteiger partial charge in [0.15, 0.2) is 5.11 Å². The van der Waals surface area contributed by atoms with Crippen LogP contribution in [0.1, 0.15) is 16.4 Å². The summed E-state index contributed by atoms with van der Waals surface area (Å²) in [7, 11) is 0. The third-order valence-electron chi connectivity index (χ3n) is 6.01. The lowest BCUT2D eigenvalue weighted by atomic mass is 10.1. The number of aryl methyl sites for hydroxylation is 1. The zero-order chi connectivity index (χ0) is 26.3. The Morgan fingerprint density at radius 1 is 0.658 bits per heavy atom. The van der Waals surface area contributed by atoms with Crippen LogP contribution in [0.2, 0.25) is 0 Å². The normalized spacial score (nSPS) is 11.5. The van der Waals surface area contributed by atoms with Crippen molar-refractivity contribution < 1.29 is 4.79 Å². The number of thioether (sulfide) groups is 1. The molecule has 1 atom stereocenters. The minimum absolute atomic E-state index is 0.0774. The number of anilines is 3. The highest BCUT2D eigenvalue weighted by molar-refractivity contribution is 8.00. The van der Waals surface area contributed by atoms with Crippen LogP contribution in [-0.2, 0) is 4.79 Å². The highest BCUT2D eigenvalue weighted by atomic mass is 32.2. The minimum Gasteiger partial charge on any atom is -0.332 e. The molecule has 0 aromatic heterocycles. The standard InChI is InChI=1S/C32H27N3OS2/c1-22-14-17-26(18-15-22)34-32(37)35-27-12-7-13-29(21-27)38-30(24-9-3-2-4-10-24)31(36)33-28-19-16-23-8-5-6-11-25(23)20-28/h2-21,30H,1H3,(H,33,36)(H2,34,35,37). The lowest BCUT2D eigenvalue weighted by Crippen LogP contribution is -2.19. The number of thiocarbonyl (C=S) groups is 1. The van der Waals surface area contributed by atoms with Crippen molar-refractivity contribution in [2.24, 2.45) is 0 Å². The Labute approximate surface area is 232 Å². The summed E-state index contributed by atoms with van der Waals surface area (Å²) in [6.45, 7) is 2.05. The van der Waals surface area contributed by atoms with Gasteiger partial charge in [0.25, 0.3) is 0 Å². The van der Waals surface area contributed by atoms with Crippen molar-refractivity contribution in [3.8, 4) is 0 Å². The summed E-state index contributed by atoms with van der Waals surface area (Å²) >= 11 is 7.02. The number of nitrogens with one attached hydrogen (secondary N) is 3. The first-order valence-electron chi connectivity index (χ1n) is 12.3. The maximum absolute atomic E-state index is 13.6. The molecule has 3 N–H and O–H groups in total. The van der Waals surface area contributed by atoms with Gasteiger partial charge in [0.05, 0.1) is 0 Å². The molecule has 1 unspecified atom stereocenters. The molecule has 0 aliphatic rings. The van der Waals surface area contributed by atoms with E-state index in [1.54, 1.807) is 0 Å². The van der Waals surface area contributed by atoms with E-state index in [1.165, 1.54) is 17.3 Å². The number of rotatable bonds is 7. The summed E-state index contributed by atoms with van der Waals surface area (Å²) in [5.74, 6) is -0.0774. The summed E-state index contributed by atoms with van der Waals surface area (Å²) in [6.07, 6.45) is 0. The quantitative estimate of drug-likeness (QED) is 0.145. The fourth-order valence-electron chi connectivity index (χ4n) is 4.09. The molecule has 0 heterocycles. The van der Waals surface area contributed by atoms with Crippen molar-refractivity contribution in [1.82, 2.24) is 0 Å². The van der Waals surface area contributed by atoms with Crippen LogP contribution in [0, 0.1) is 6.92 Å². The van der Waals surface area contributed by atoms with E-state index in [0.717, 1.165) is 38.3 Å². The monoisotopic (exact) mass is 533 g/mol. The molecule has 5 aromatic carbocycles. The van der Waals surface area contributed by atoms with Gasteiger partial charge in [0, 0.05) is 22.0 Å². The second-order valence-corrected chi connectivity index (χ2v) is 10.5. The van der Waals surface area contributed by atoms with Crippen molar-refractivity contribution in [1.29, 1.82) is 0 Å². The van der Waals surface area contributed by atoms with Gasteiger partial charge in [0.2, 0.25) is 5.91 Å². The van der Waals surface area contributed by atoms with Gasteiger partial charge in [-0.05, 0) is 77.9 Å². The summed E-state index contributed by atoms with van der Waals surface area (Å²) in [5, 5.41) is 11.9. The Hall–Kier alpha value is -4.13. The van der Waals surface area contributed by atoms with Crippen molar-refractivity contribution in [3.05, 3.63) is 132 Å². The largest absolute Gasteiger partial charge is 0.332 e. The van der Waals surface area contributed by atoms with Gasteiger partial charge in [-0.3, -0.25) is 4.79 Å². The molecule has 0 spiro atoms. The SMILES string of the molecule is Cc1ccc(NC(=S)Nc2cccc(SC(C(=O)Nc3ccc4ccccc4c3)c3ccccc3)c2)cc1. The van der Waals surface area contributed by atoms with Gasteiger partial charge in [-0.25, -0.2) is 0 Å². The Morgan fingerprint density at radius 3 is 2.11 bits per heavy atom. The topological polar surface area (TPSA) is 53.2 Å². The molecule has 5 rings (SSSR count). The predicted molar refractivity (Wildman–Crippen MR) is 165 cm³/mol. The van der Waals surface area contributed by atoms with Gasteiger partial charge in [-0.2, -0.15) is 0 Å². The average Bonchev–Trinajstić information content (AvgIpc) is 2.93. The average molecular weight is 534 g/mol. The molecule has 0 saturated heterocycles. The second-order valence-electron chi connectivity index (χ2n) is 8.93. The van der Waals surface area contributed by atoms with Crippen molar-refractivity contribution in [2.75, 3.05) is 16.0 Å². The van der Waals surface area contributed by atoms with Crippen LogP contribution in [0.25, 0.3) is 10.8 Å². The fourth-order valence-corrected chi connectivity index (χ4v) is 5.41. The summed E-state index contributed by atoms with van der Waals surface area (Å²) in [6, 6.07) is 39.9. The van der Waals surface area contributed by atoms with Crippen LogP contribution in [0.4, 0.5) is 17.1 Å². The Morgan fingerprint density at radius 2 is 1.32 bits per heavy atom. The maximum Gasteiger partial charge on any atom is 0.242 e. The first kappa shape index (κ1) is 25.5. The Balaban J connectivity index is 1.32. The molecule has 4 nitrogen and oxygen atoms in total. The highest BCUT2D eigenvalue weighted by Gasteiger charge is 2.22. The number of benzene rings is 5. The molecule has 188 valence electrons. The van der Waals surface area contributed by atoms with Crippen LogP contribution in [-0.4, -0.2) is 11.0 Å². The molecule has 0 saturated carbocycles. The van der Waals surface area contributed by atoms with E-state index < -0.39 is 5.25 Å². The smallest absolute Gasteiger partial charge is 0.242 e. The molecule has 0 fully saturated rings. The molecule has 0 bridgehead atoms. The number of hydrogen-bond donors (Lipinski definition) is 3. The first-order valence-corrected chi connectivity index (χ1v) is 13.6. The van der Waals surface area contributed by atoms with Gasteiger partial charge in [0.1, 0.15) is 5.25 Å². The number of amides is 1. The van der Waals surface area contributed by atoms with Crippen molar-refractivity contribution >= 4 is 62.8 Å². The summed E-state index contributed by atoms with van der Waals surface area (Å²) in [5.41, 5.74) is 4.68. The van der Waals surface area contributed by atoms with E-state index in [1.807, 2.05) is 122 Å². The zero-order valence-corrected chi connectivity index (χ0v) is 22.5.